The minimum Gasteiger partial charge on any atom is -0.460 e. The maximum absolute atomic E-state index is 13.3. The van der Waals surface area contributed by atoms with E-state index in [1.807, 2.05) is 13.8 Å². The topological polar surface area (TPSA) is 111 Å². The van der Waals surface area contributed by atoms with E-state index in [9.17, 15) is 19.2 Å². The fourth-order valence-corrected chi connectivity index (χ4v) is 5.11. The van der Waals surface area contributed by atoms with Gasteiger partial charge in [0.15, 0.2) is 0 Å². The number of rotatable bonds is 7. The van der Waals surface area contributed by atoms with Gasteiger partial charge in [0.05, 0.1) is 18.1 Å². The third kappa shape index (κ3) is 8.87. The first-order valence-electron chi connectivity index (χ1n) is 12.5. The average Bonchev–Trinajstić information content (AvgIpc) is 3.20. The number of ketones is 1. The van der Waals surface area contributed by atoms with Crippen LogP contribution < -0.4 is 5.32 Å². The second-order valence-corrected chi connectivity index (χ2v) is 14.3. The Balaban J connectivity index is 2.27. The van der Waals surface area contributed by atoms with Crippen molar-refractivity contribution < 1.29 is 33.4 Å². The molecule has 0 aromatic rings. The number of nitrogens with zero attached hydrogens (tertiary/aromatic N) is 1. The zero-order valence-corrected chi connectivity index (χ0v) is 25.0. The number of halogens is 3. The van der Waals surface area contributed by atoms with Crippen molar-refractivity contribution in [2.45, 2.75) is 108 Å². The normalized spacial score (nSPS) is 26.8. The van der Waals surface area contributed by atoms with E-state index in [1.54, 1.807) is 39.5 Å². The first-order chi connectivity index (χ1) is 16.7. The molecule has 2 rings (SSSR count). The van der Waals surface area contributed by atoms with Crippen LogP contribution in [0.1, 0.15) is 74.7 Å². The summed E-state index contributed by atoms with van der Waals surface area (Å²) in [5, 5.41) is 2.62. The SMILES string of the molecule is CC(C)C[C@H]1[C@H]([C@@H]2CC(=O)C[C@H]2C(=O)N[C@@H](C)C(=O)OCC(Cl)(Cl)Cl)OC(C)(C)N1C(=O)OC(C)(C)C. The molecule has 2 fully saturated rings. The van der Waals surface area contributed by atoms with Gasteiger partial charge in [0.2, 0.25) is 9.70 Å². The molecule has 0 spiro atoms. The van der Waals surface area contributed by atoms with Gasteiger partial charge in [-0.2, -0.15) is 0 Å². The molecule has 0 aromatic heterocycles. The quantitative estimate of drug-likeness (QED) is 0.338. The van der Waals surface area contributed by atoms with Crippen LogP contribution in [0.25, 0.3) is 0 Å². The van der Waals surface area contributed by atoms with Crippen molar-refractivity contribution in [1.29, 1.82) is 0 Å². The lowest BCUT2D eigenvalue weighted by Crippen LogP contribution is -2.51. The van der Waals surface area contributed by atoms with Crippen molar-refractivity contribution in [3.8, 4) is 0 Å². The summed E-state index contributed by atoms with van der Waals surface area (Å²) in [6.07, 6.45) is -0.374. The molecule has 1 aliphatic carbocycles. The second-order valence-electron chi connectivity index (χ2n) is 11.7. The molecule has 1 aliphatic heterocycles. The highest BCUT2D eigenvalue weighted by atomic mass is 35.6. The van der Waals surface area contributed by atoms with E-state index in [4.69, 9.17) is 49.0 Å². The van der Waals surface area contributed by atoms with Crippen molar-refractivity contribution in [2.24, 2.45) is 17.8 Å². The molecule has 1 saturated carbocycles. The van der Waals surface area contributed by atoms with E-state index in [1.165, 1.54) is 6.92 Å². The summed E-state index contributed by atoms with van der Waals surface area (Å²) in [6.45, 7) is 14.0. The molecule has 1 saturated heterocycles. The maximum Gasteiger partial charge on any atom is 0.412 e. The lowest BCUT2D eigenvalue weighted by molar-refractivity contribution is -0.148. The Morgan fingerprint density at radius 3 is 2.24 bits per heavy atom. The standard InChI is InChI=1S/C25H39Cl3N2O7/c1-13(2)9-18-19(36-24(7,8)30(18)22(34)37-23(4,5)6)16-10-15(31)11-17(16)20(32)29-14(3)21(33)35-12-25(26,27)28/h13-14,16-19H,9-12H2,1-8H3,(H,29,32)/t14-,16+,17+,18-,19-/m0/s1. The summed E-state index contributed by atoms with van der Waals surface area (Å²) >= 11 is 16.9. The van der Waals surface area contributed by atoms with Crippen LogP contribution in [0.4, 0.5) is 4.79 Å². The van der Waals surface area contributed by atoms with E-state index >= 15 is 0 Å². The highest BCUT2D eigenvalue weighted by Crippen LogP contribution is 2.45. The number of nitrogens with one attached hydrogen (secondary N) is 1. The average molecular weight is 586 g/mol. The Hall–Kier alpha value is -1.29. The molecule has 0 radical (unpaired) electrons. The molecular weight excluding hydrogens is 547 g/mol. The summed E-state index contributed by atoms with van der Waals surface area (Å²) in [4.78, 5) is 53.0. The van der Waals surface area contributed by atoms with Gasteiger partial charge in [-0.15, -0.1) is 0 Å². The fourth-order valence-electron chi connectivity index (χ4n) is 4.95. The summed E-state index contributed by atoms with van der Waals surface area (Å²) in [6, 6.07) is -1.44. The molecule has 0 bridgehead atoms. The Bertz CT molecular complexity index is 882. The monoisotopic (exact) mass is 584 g/mol. The van der Waals surface area contributed by atoms with Crippen LogP contribution in [-0.4, -0.2) is 68.6 Å². The third-order valence-corrected chi connectivity index (χ3v) is 6.62. The molecule has 2 aliphatic rings. The van der Waals surface area contributed by atoms with Gasteiger partial charge in [-0.1, -0.05) is 48.7 Å². The summed E-state index contributed by atoms with van der Waals surface area (Å²) in [5.74, 6) is -2.37. The van der Waals surface area contributed by atoms with Crippen molar-refractivity contribution in [3.05, 3.63) is 0 Å². The highest BCUT2D eigenvalue weighted by molar-refractivity contribution is 6.67. The van der Waals surface area contributed by atoms with E-state index in [0.29, 0.717) is 6.42 Å². The number of alkyl halides is 3. The van der Waals surface area contributed by atoms with Gasteiger partial charge in [-0.05, 0) is 53.9 Å². The van der Waals surface area contributed by atoms with E-state index < -0.39 is 69.7 Å². The molecule has 2 amide bonds. The molecule has 212 valence electrons. The van der Waals surface area contributed by atoms with Crippen molar-refractivity contribution in [2.75, 3.05) is 6.61 Å². The van der Waals surface area contributed by atoms with Crippen LogP contribution in [0.2, 0.25) is 0 Å². The van der Waals surface area contributed by atoms with Gasteiger partial charge in [-0.25, -0.2) is 9.59 Å². The second kappa shape index (κ2) is 11.8. The lowest BCUT2D eigenvalue weighted by atomic mass is 9.83. The zero-order valence-electron chi connectivity index (χ0n) is 22.7. The third-order valence-electron chi connectivity index (χ3n) is 6.30. The Labute approximate surface area is 234 Å². The first-order valence-corrected chi connectivity index (χ1v) is 13.6. The zero-order chi connectivity index (χ0) is 28.5. The molecule has 12 heteroatoms. The van der Waals surface area contributed by atoms with E-state index in [2.05, 4.69) is 5.32 Å². The van der Waals surface area contributed by atoms with Crippen LogP contribution in [-0.2, 0) is 28.6 Å². The molecule has 0 unspecified atom stereocenters. The number of esters is 1. The van der Waals surface area contributed by atoms with Crippen LogP contribution in [0.15, 0.2) is 0 Å². The molecule has 5 atom stereocenters. The van der Waals surface area contributed by atoms with Crippen LogP contribution >= 0.6 is 34.8 Å². The fraction of sp³-hybridized carbons (Fsp3) is 0.840. The summed E-state index contributed by atoms with van der Waals surface area (Å²) in [7, 11) is 0. The van der Waals surface area contributed by atoms with Gasteiger partial charge >= 0.3 is 12.1 Å². The Morgan fingerprint density at radius 1 is 1.14 bits per heavy atom. The Morgan fingerprint density at radius 2 is 1.73 bits per heavy atom. The predicted octanol–water partition coefficient (Wildman–Crippen LogP) is 4.79. The molecule has 9 nitrogen and oxygen atoms in total. The summed E-state index contributed by atoms with van der Waals surface area (Å²) < 4.78 is 15.3. The van der Waals surface area contributed by atoms with E-state index in [0.717, 1.165) is 0 Å². The van der Waals surface area contributed by atoms with Gasteiger partial charge in [0, 0.05) is 18.8 Å². The van der Waals surface area contributed by atoms with Gasteiger partial charge in [0.1, 0.15) is 29.8 Å². The van der Waals surface area contributed by atoms with Crippen molar-refractivity contribution in [3.63, 3.8) is 0 Å². The largest absolute Gasteiger partial charge is 0.460 e. The minimum atomic E-state index is -1.78. The molecule has 1 N–H and O–H groups in total. The number of carbonyl (C=O) groups is 4. The number of Topliss-reactive ketones (excluding diaryl/α,β-unsaturated/α-hetero) is 1. The minimum absolute atomic E-state index is 0.00748. The molecule has 0 aromatic carbocycles. The predicted molar refractivity (Wildman–Crippen MR) is 140 cm³/mol. The van der Waals surface area contributed by atoms with Crippen molar-refractivity contribution >= 4 is 58.6 Å². The number of carbonyl (C=O) groups excluding carboxylic acids is 4. The van der Waals surface area contributed by atoms with Gasteiger partial charge in [-0.3, -0.25) is 14.5 Å². The van der Waals surface area contributed by atoms with Crippen LogP contribution in [0.5, 0.6) is 0 Å². The lowest BCUT2D eigenvalue weighted by Gasteiger charge is -2.36. The number of hydrogen-bond donors (Lipinski definition) is 1. The first kappa shape index (κ1) is 31.9. The van der Waals surface area contributed by atoms with Crippen molar-refractivity contribution in [1.82, 2.24) is 10.2 Å². The number of ether oxygens (including phenoxy) is 3. The smallest absolute Gasteiger partial charge is 0.412 e. The maximum atomic E-state index is 13.3. The van der Waals surface area contributed by atoms with Gasteiger partial charge < -0.3 is 19.5 Å². The van der Waals surface area contributed by atoms with Gasteiger partial charge in [0.25, 0.3) is 0 Å². The Kier molecular flexibility index (Phi) is 10.2. The van der Waals surface area contributed by atoms with Crippen LogP contribution in [0.3, 0.4) is 0 Å². The highest BCUT2D eigenvalue weighted by Gasteiger charge is 2.57. The van der Waals surface area contributed by atoms with E-state index in [-0.39, 0.29) is 24.5 Å². The number of amides is 2. The molecule has 37 heavy (non-hydrogen) atoms. The molecule has 1 heterocycles. The van der Waals surface area contributed by atoms with Crippen LogP contribution in [0, 0.1) is 17.8 Å². The molecular formula is C25H39Cl3N2O7. The number of hydrogen-bond acceptors (Lipinski definition) is 7. The summed E-state index contributed by atoms with van der Waals surface area (Å²) in [5.41, 5.74) is -1.73.